The SMILES string of the molecule is CC(C(=O)NCc1ccc(Cn2cccn2)cc1)C1CNC1. The lowest BCUT2D eigenvalue weighted by Crippen LogP contribution is -2.49. The van der Waals surface area contributed by atoms with Crippen molar-refractivity contribution in [2.24, 2.45) is 11.8 Å². The zero-order valence-corrected chi connectivity index (χ0v) is 12.8. The van der Waals surface area contributed by atoms with Gasteiger partial charge in [0.1, 0.15) is 0 Å². The van der Waals surface area contributed by atoms with E-state index in [0.29, 0.717) is 12.5 Å². The first-order valence-electron chi connectivity index (χ1n) is 7.76. The van der Waals surface area contributed by atoms with Crippen LogP contribution in [0.25, 0.3) is 0 Å². The summed E-state index contributed by atoms with van der Waals surface area (Å²) in [4.78, 5) is 12.1. The van der Waals surface area contributed by atoms with Crippen LogP contribution in [0.2, 0.25) is 0 Å². The number of amides is 1. The molecule has 0 radical (unpaired) electrons. The second kappa shape index (κ2) is 6.75. The predicted molar refractivity (Wildman–Crippen MR) is 85.1 cm³/mol. The van der Waals surface area contributed by atoms with E-state index < -0.39 is 0 Å². The Bertz CT molecular complexity index is 602. The normalized spacial score (nSPS) is 16.0. The summed E-state index contributed by atoms with van der Waals surface area (Å²) in [5.74, 6) is 0.712. The van der Waals surface area contributed by atoms with Crippen molar-refractivity contribution >= 4 is 5.91 Å². The number of nitrogens with zero attached hydrogens (tertiary/aromatic N) is 2. The molecule has 2 aromatic rings. The number of carbonyl (C=O) groups excluding carboxylic acids is 1. The Hall–Kier alpha value is -2.14. The van der Waals surface area contributed by atoms with Crippen molar-refractivity contribution < 1.29 is 4.79 Å². The van der Waals surface area contributed by atoms with Crippen LogP contribution in [0.5, 0.6) is 0 Å². The van der Waals surface area contributed by atoms with E-state index in [1.807, 2.05) is 23.9 Å². The van der Waals surface area contributed by atoms with Crippen molar-refractivity contribution in [1.29, 1.82) is 0 Å². The van der Waals surface area contributed by atoms with Gasteiger partial charge in [0.25, 0.3) is 0 Å². The molecule has 0 saturated carbocycles. The predicted octanol–water partition coefficient (Wildman–Crippen LogP) is 1.40. The van der Waals surface area contributed by atoms with Crippen molar-refractivity contribution in [2.45, 2.75) is 20.0 Å². The monoisotopic (exact) mass is 298 g/mol. The molecule has 1 aliphatic heterocycles. The molecule has 5 heteroatoms. The van der Waals surface area contributed by atoms with Crippen molar-refractivity contribution in [2.75, 3.05) is 13.1 Å². The Kier molecular flexibility index (Phi) is 4.53. The minimum absolute atomic E-state index is 0.0836. The summed E-state index contributed by atoms with van der Waals surface area (Å²) in [7, 11) is 0. The highest BCUT2D eigenvalue weighted by Gasteiger charge is 2.28. The maximum Gasteiger partial charge on any atom is 0.223 e. The van der Waals surface area contributed by atoms with Gasteiger partial charge in [-0.15, -0.1) is 0 Å². The first kappa shape index (κ1) is 14.8. The molecule has 0 bridgehead atoms. The van der Waals surface area contributed by atoms with Gasteiger partial charge in [-0.25, -0.2) is 0 Å². The van der Waals surface area contributed by atoms with E-state index in [4.69, 9.17) is 0 Å². The van der Waals surface area contributed by atoms with Crippen LogP contribution in [0.1, 0.15) is 18.1 Å². The highest BCUT2D eigenvalue weighted by atomic mass is 16.1. The molecule has 1 saturated heterocycles. The molecule has 0 spiro atoms. The molecule has 1 unspecified atom stereocenters. The largest absolute Gasteiger partial charge is 0.352 e. The molecule has 22 heavy (non-hydrogen) atoms. The molecule has 1 aromatic carbocycles. The van der Waals surface area contributed by atoms with E-state index in [2.05, 4.69) is 40.0 Å². The van der Waals surface area contributed by atoms with Crippen LogP contribution >= 0.6 is 0 Å². The standard InChI is InChI=1S/C17H22N4O/c1-13(16-10-18-11-16)17(22)19-9-14-3-5-15(6-4-14)12-21-8-2-7-20-21/h2-8,13,16,18H,9-12H2,1H3,(H,19,22). The first-order chi connectivity index (χ1) is 10.7. The van der Waals surface area contributed by atoms with Crippen LogP contribution in [0.3, 0.4) is 0 Å². The van der Waals surface area contributed by atoms with Crippen LogP contribution in [-0.2, 0) is 17.9 Å². The van der Waals surface area contributed by atoms with E-state index in [1.54, 1.807) is 6.20 Å². The Labute approximate surface area is 130 Å². The van der Waals surface area contributed by atoms with Crippen LogP contribution in [-0.4, -0.2) is 28.8 Å². The molecule has 1 fully saturated rings. The van der Waals surface area contributed by atoms with E-state index in [9.17, 15) is 4.79 Å². The smallest absolute Gasteiger partial charge is 0.223 e. The Morgan fingerprint density at radius 1 is 1.36 bits per heavy atom. The molecule has 5 nitrogen and oxygen atoms in total. The van der Waals surface area contributed by atoms with Gasteiger partial charge in [0, 0.05) is 24.9 Å². The number of hydrogen-bond donors (Lipinski definition) is 2. The number of hydrogen-bond acceptors (Lipinski definition) is 3. The Morgan fingerprint density at radius 3 is 2.68 bits per heavy atom. The molecule has 2 heterocycles. The molecular formula is C17H22N4O. The lowest BCUT2D eigenvalue weighted by Gasteiger charge is -2.31. The number of nitrogens with one attached hydrogen (secondary N) is 2. The van der Waals surface area contributed by atoms with Gasteiger partial charge >= 0.3 is 0 Å². The number of rotatable bonds is 6. The van der Waals surface area contributed by atoms with Crippen LogP contribution in [0.15, 0.2) is 42.7 Å². The highest BCUT2D eigenvalue weighted by molar-refractivity contribution is 5.78. The highest BCUT2D eigenvalue weighted by Crippen LogP contribution is 2.16. The summed E-state index contributed by atoms with van der Waals surface area (Å²) in [6, 6.07) is 10.2. The van der Waals surface area contributed by atoms with Crippen molar-refractivity contribution in [3.8, 4) is 0 Å². The summed E-state index contributed by atoms with van der Waals surface area (Å²) in [6.07, 6.45) is 3.73. The molecule has 3 rings (SSSR count). The van der Waals surface area contributed by atoms with Gasteiger partial charge in [0.05, 0.1) is 6.54 Å². The van der Waals surface area contributed by atoms with Crippen LogP contribution in [0, 0.1) is 11.8 Å². The third-order valence-electron chi connectivity index (χ3n) is 4.33. The molecule has 1 aromatic heterocycles. The lowest BCUT2D eigenvalue weighted by atomic mass is 9.88. The van der Waals surface area contributed by atoms with Gasteiger partial charge in [-0.2, -0.15) is 5.10 Å². The Morgan fingerprint density at radius 2 is 2.09 bits per heavy atom. The minimum Gasteiger partial charge on any atom is -0.352 e. The van der Waals surface area contributed by atoms with Crippen molar-refractivity contribution in [1.82, 2.24) is 20.4 Å². The number of benzene rings is 1. The molecule has 1 aliphatic rings. The van der Waals surface area contributed by atoms with E-state index in [-0.39, 0.29) is 11.8 Å². The lowest BCUT2D eigenvalue weighted by molar-refractivity contribution is -0.126. The average Bonchev–Trinajstić information content (AvgIpc) is 2.97. The fourth-order valence-electron chi connectivity index (χ4n) is 2.57. The second-order valence-electron chi connectivity index (χ2n) is 5.94. The summed E-state index contributed by atoms with van der Waals surface area (Å²) >= 11 is 0. The maximum absolute atomic E-state index is 12.1. The average molecular weight is 298 g/mol. The molecule has 0 aliphatic carbocycles. The maximum atomic E-state index is 12.1. The van der Waals surface area contributed by atoms with Gasteiger partial charge in [-0.1, -0.05) is 31.2 Å². The van der Waals surface area contributed by atoms with E-state index >= 15 is 0 Å². The topological polar surface area (TPSA) is 59.0 Å². The summed E-state index contributed by atoms with van der Waals surface area (Å²) in [6.45, 7) is 5.28. The van der Waals surface area contributed by atoms with E-state index in [1.165, 1.54) is 5.56 Å². The van der Waals surface area contributed by atoms with E-state index in [0.717, 1.165) is 25.2 Å². The third-order valence-corrected chi connectivity index (χ3v) is 4.33. The number of aromatic nitrogens is 2. The van der Waals surface area contributed by atoms with Gasteiger partial charge in [0.15, 0.2) is 0 Å². The molecule has 2 N–H and O–H groups in total. The molecule has 116 valence electrons. The van der Waals surface area contributed by atoms with Crippen molar-refractivity contribution in [3.63, 3.8) is 0 Å². The van der Waals surface area contributed by atoms with Crippen molar-refractivity contribution in [3.05, 3.63) is 53.9 Å². The third kappa shape index (κ3) is 3.54. The fraction of sp³-hybridized carbons (Fsp3) is 0.412. The van der Waals surface area contributed by atoms with Gasteiger partial charge in [-0.05, 0) is 36.2 Å². The number of carbonyl (C=O) groups is 1. The molecular weight excluding hydrogens is 276 g/mol. The minimum atomic E-state index is 0.0836. The summed E-state index contributed by atoms with van der Waals surface area (Å²) in [5, 5.41) is 10.4. The van der Waals surface area contributed by atoms with Crippen LogP contribution < -0.4 is 10.6 Å². The van der Waals surface area contributed by atoms with Gasteiger partial charge < -0.3 is 10.6 Å². The fourth-order valence-corrected chi connectivity index (χ4v) is 2.57. The zero-order chi connectivity index (χ0) is 15.4. The van der Waals surface area contributed by atoms with Gasteiger partial charge in [0.2, 0.25) is 5.91 Å². The first-order valence-corrected chi connectivity index (χ1v) is 7.76. The van der Waals surface area contributed by atoms with Crippen LogP contribution in [0.4, 0.5) is 0 Å². The summed E-state index contributed by atoms with van der Waals surface area (Å²) in [5.41, 5.74) is 2.32. The Balaban J connectivity index is 1.49. The quantitative estimate of drug-likeness (QED) is 0.847. The zero-order valence-electron chi connectivity index (χ0n) is 12.8. The summed E-state index contributed by atoms with van der Waals surface area (Å²) < 4.78 is 1.89. The second-order valence-corrected chi connectivity index (χ2v) is 5.94. The molecule has 1 amide bonds. The molecule has 1 atom stereocenters. The van der Waals surface area contributed by atoms with Gasteiger partial charge in [-0.3, -0.25) is 9.48 Å².